The number of benzene rings is 1. The standard InChI is InChI=1S/C15H23NO/c1-10(2)11(3)16-15-6-4-5-12-7-8-13(17)9-14(12)15/h7-11,15-17H,4-6H2,1-3H3. The van der Waals surface area contributed by atoms with Crippen LogP contribution in [0.25, 0.3) is 0 Å². The third kappa shape index (κ3) is 2.81. The lowest BCUT2D eigenvalue weighted by Crippen LogP contribution is -2.35. The number of phenolic OH excluding ortho intramolecular Hbond substituents is 1. The minimum Gasteiger partial charge on any atom is -0.508 e. The molecule has 1 aliphatic carbocycles. The van der Waals surface area contributed by atoms with Crippen LogP contribution in [-0.2, 0) is 6.42 Å². The van der Waals surface area contributed by atoms with Crippen molar-refractivity contribution in [2.24, 2.45) is 5.92 Å². The van der Waals surface area contributed by atoms with Gasteiger partial charge in [-0.3, -0.25) is 0 Å². The minimum absolute atomic E-state index is 0.384. The van der Waals surface area contributed by atoms with Crippen LogP contribution in [0.15, 0.2) is 18.2 Å². The summed E-state index contributed by atoms with van der Waals surface area (Å²) >= 11 is 0. The van der Waals surface area contributed by atoms with E-state index in [4.69, 9.17) is 0 Å². The molecule has 2 N–H and O–H groups in total. The van der Waals surface area contributed by atoms with E-state index in [2.05, 4.69) is 32.2 Å². The maximum Gasteiger partial charge on any atom is 0.115 e. The second-order valence-corrected chi connectivity index (χ2v) is 5.53. The van der Waals surface area contributed by atoms with E-state index < -0.39 is 0 Å². The Kier molecular flexibility index (Phi) is 3.72. The molecule has 2 nitrogen and oxygen atoms in total. The number of aryl methyl sites for hydroxylation is 1. The van der Waals surface area contributed by atoms with Crippen LogP contribution in [0.1, 0.15) is 50.8 Å². The van der Waals surface area contributed by atoms with Gasteiger partial charge in [-0.05, 0) is 55.4 Å². The molecule has 1 aromatic carbocycles. The molecule has 0 radical (unpaired) electrons. The zero-order valence-corrected chi connectivity index (χ0v) is 11.0. The molecular formula is C15H23NO. The summed E-state index contributed by atoms with van der Waals surface area (Å²) in [5, 5.41) is 13.3. The van der Waals surface area contributed by atoms with E-state index in [1.54, 1.807) is 6.07 Å². The van der Waals surface area contributed by atoms with Crippen LogP contribution in [0.4, 0.5) is 0 Å². The highest BCUT2D eigenvalue weighted by Gasteiger charge is 2.22. The summed E-state index contributed by atoms with van der Waals surface area (Å²) < 4.78 is 0. The van der Waals surface area contributed by atoms with E-state index in [1.807, 2.05) is 6.07 Å². The summed E-state index contributed by atoms with van der Waals surface area (Å²) in [5.74, 6) is 1.02. The fourth-order valence-corrected chi connectivity index (χ4v) is 2.47. The number of nitrogens with one attached hydrogen (secondary N) is 1. The van der Waals surface area contributed by atoms with Gasteiger partial charge in [-0.15, -0.1) is 0 Å². The molecule has 2 rings (SSSR count). The first-order chi connectivity index (χ1) is 8.08. The van der Waals surface area contributed by atoms with E-state index in [-0.39, 0.29) is 0 Å². The average molecular weight is 233 g/mol. The first-order valence-corrected chi connectivity index (χ1v) is 6.65. The number of rotatable bonds is 3. The molecule has 2 atom stereocenters. The van der Waals surface area contributed by atoms with E-state index in [0.29, 0.717) is 23.8 Å². The van der Waals surface area contributed by atoms with Crippen molar-refractivity contribution in [2.45, 2.75) is 52.1 Å². The molecule has 0 heterocycles. The molecule has 94 valence electrons. The second-order valence-electron chi connectivity index (χ2n) is 5.53. The molecule has 0 saturated carbocycles. The third-order valence-electron chi connectivity index (χ3n) is 3.91. The van der Waals surface area contributed by atoms with Gasteiger partial charge in [0.1, 0.15) is 5.75 Å². The zero-order valence-electron chi connectivity index (χ0n) is 11.0. The molecule has 0 bridgehead atoms. The lowest BCUT2D eigenvalue weighted by atomic mass is 9.86. The molecule has 2 heteroatoms. The third-order valence-corrected chi connectivity index (χ3v) is 3.91. The first-order valence-electron chi connectivity index (χ1n) is 6.65. The number of aromatic hydroxyl groups is 1. The lowest BCUT2D eigenvalue weighted by molar-refractivity contribution is 0.349. The van der Waals surface area contributed by atoms with Gasteiger partial charge >= 0.3 is 0 Å². The van der Waals surface area contributed by atoms with Gasteiger partial charge in [0, 0.05) is 12.1 Å². The van der Waals surface area contributed by atoms with E-state index in [1.165, 1.54) is 24.0 Å². The van der Waals surface area contributed by atoms with Crippen molar-refractivity contribution >= 4 is 0 Å². The van der Waals surface area contributed by atoms with Gasteiger partial charge in [0.25, 0.3) is 0 Å². The Labute approximate surface area is 104 Å². The summed E-state index contributed by atoms with van der Waals surface area (Å²) in [7, 11) is 0. The van der Waals surface area contributed by atoms with Gasteiger partial charge in [-0.1, -0.05) is 19.9 Å². The van der Waals surface area contributed by atoms with Gasteiger partial charge in [-0.25, -0.2) is 0 Å². The van der Waals surface area contributed by atoms with Crippen molar-refractivity contribution in [1.82, 2.24) is 5.32 Å². The molecule has 2 unspecified atom stereocenters. The van der Waals surface area contributed by atoms with E-state index >= 15 is 0 Å². The summed E-state index contributed by atoms with van der Waals surface area (Å²) in [6.07, 6.45) is 3.55. The van der Waals surface area contributed by atoms with Crippen LogP contribution >= 0.6 is 0 Å². The van der Waals surface area contributed by atoms with Crippen LogP contribution in [0.3, 0.4) is 0 Å². The predicted molar refractivity (Wildman–Crippen MR) is 71.2 cm³/mol. The molecule has 0 aliphatic heterocycles. The minimum atomic E-state index is 0.384. The summed E-state index contributed by atoms with van der Waals surface area (Å²) in [6, 6.07) is 6.71. The van der Waals surface area contributed by atoms with Gasteiger partial charge < -0.3 is 10.4 Å². The molecule has 0 aromatic heterocycles. The SMILES string of the molecule is CC(C)C(C)NC1CCCc2ccc(O)cc21. The quantitative estimate of drug-likeness (QED) is 0.838. The topological polar surface area (TPSA) is 32.3 Å². The number of phenols is 1. The fraction of sp³-hybridized carbons (Fsp3) is 0.600. The van der Waals surface area contributed by atoms with Crippen LogP contribution in [0.5, 0.6) is 5.75 Å². The monoisotopic (exact) mass is 233 g/mol. The van der Waals surface area contributed by atoms with Gasteiger partial charge in [0.2, 0.25) is 0 Å². The average Bonchev–Trinajstić information content (AvgIpc) is 2.29. The Morgan fingerprint density at radius 3 is 2.76 bits per heavy atom. The van der Waals surface area contributed by atoms with Crippen molar-refractivity contribution in [3.8, 4) is 5.75 Å². The fourth-order valence-electron chi connectivity index (χ4n) is 2.47. The van der Waals surface area contributed by atoms with E-state index in [0.717, 1.165) is 6.42 Å². The molecule has 1 aliphatic rings. The second kappa shape index (κ2) is 5.09. The smallest absolute Gasteiger partial charge is 0.115 e. The Morgan fingerprint density at radius 2 is 2.06 bits per heavy atom. The maximum absolute atomic E-state index is 9.62. The predicted octanol–water partition coefficient (Wildman–Crippen LogP) is 3.40. The van der Waals surface area contributed by atoms with Crippen molar-refractivity contribution in [3.63, 3.8) is 0 Å². The molecule has 1 aromatic rings. The van der Waals surface area contributed by atoms with Crippen LogP contribution in [-0.4, -0.2) is 11.1 Å². The molecule has 0 saturated heterocycles. The molecule has 17 heavy (non-hydrogen) atoms. The zero-order chi connectivity index (χ0) is 12.4. The summed E-state index contributed by atoms with van der Waals surface area (Å²) in [6.45, 7) is 6.72. The summed E-state index contributed by atoms with van der Waals surface area (Å²) in [5.41, 5.74) is 2.69. The van der Waals surface area contributed by atoms with Crippen molar-refractivity contribution in [1.29, 1.82) is 0 Å². The van der Waals surface area contributed by atoms with Gasteiger partial charge in [0.05, 0.1) is 0 Å². The van der Waals surface area contributed by atoms with Gasteiger partial charge in [0.15, 0.2) is 0 Å². The number of hydrogen-bond donors (Lipinski definition) is 2. The normalized spacial score (nSPS) is 21.3. The first kappa shape index (κ1) is 12.4. The highest BCUT2D eigenvalue weighted by atomic mass is 16.3. The molecular weight excluding hydrogens is 210 g/mol. The van der Waals surface area contributed by atoms with Crippen molar-refractivity contribution < 1.29 is 5.11 Å². The number of fused-ring (bicyclic) bond motifs is 1. The van der Waals surface area contributed by atoms with Crippen LogP contribution in [0, 0.1) is 5.92 Å². The van der Waals surface area contributed by atoms with Crippen LogP contribution < -0.4 is 5.32 Å². The Balaban J connectivity index is 2.19. The highest BCUT2D eigenvalue weighted by Crippen LogP contribution is 2.32. The Morgan fingerprint density at radius 1 is 1.29 bits per heavy atom. The molecule has 0 fully saturated rings. The highest BCUT2D eigenvalue weighted by molar-refractivity contribution is 5.38. The van der Waals surface area contributed by atoms with Crippen molar-refractivity contribution in [2.75, 3.05) is 0 Å². The van der Waals surface area contributed by atoms with E-state index in [9.17, 15) is 5.11 Å². The maximum atomic E-state index is 9.62. The van der Waals surface area contributed by atoms with Crippen molar-refractivity contribution in [3.05, 3.63) is 29.3 Å². The largest absolute Gasteiger partial charge is 0.508 e. The lowest BCUT2D eigenvalue weighted by Gasteiger charge is -2.30. The number of hydrogen-bond acceptors (Lipinski definition) is 2. The molecule has 0 spiro atoms. The molecule has 0 amide bonds. The van der Waals surface area contributed by atoms with Gasteiger partial charge in [-0.2, -0.15) is 0 Å². The Hall–Kier alpha value is -1.02. The summed E-state index contributed by atoms with van der Waals surface area (Å²) in [4.78, 5) is 0. The van der Waals surface area contributed by atoms with Crippen LogP contribution in [0.2, 0.25) is 0 Å². The Bertz CT molecular complexity index is 387.